The van der Waals surface area contributed by atoms with E-state index in [4.69, 9.17) is 0 Å². The molecule has 0 aliphatic rings. The lowest BCUT2D eigenvalue weighted by Crippen LogP contribution is -2.41. The number of unbranched alkanes of at least 4 members (excludes halogenated alkanes) is 2. The Morgan fingerprint density at radius 1 is 1.11 bits per heavy atom. The van der Waals surface area contributed by atoms with E-state index in [0.717, 1.165) is 29.9 Å². The zero-order chi connectivity index (χ0) is 21.4. The predicted molar refractivity (Wildman–Crippen MR) is 101 cm³/mol. The largest absolute Gasteiger partial charge is 0.418 e. The number of para-hydroxylation sites is 1. The second kappa shape index (κ2) is 10.4. The maximum Gasteiger partial charge on any atom is 0.418 e. The van der Waals surface area contributed by atoms with Gasteiger partial charge in [0, 0.05) is 6.54 Å². The summed E-state index contributed by atoms with van der Waals surface area (Å²) in [5.41, 5.74) is -1.42. The Labute approximate surface area is 163 Å². The molecule has 1 rings (SSSR count). The first kappa shape index (κ1) is 23.9. The van der Waals surface area contributed by atoms with Gasteiger partial charge in [0.1, 0.15) is 5.75 Å². The van der Waals surface area contributed by atoms with Crippen molar-refractivity contribution in [3.63, 3.8) is 0 Å². The summed E-state index contributed by atoms with van der Waals surface area (Å²) in [6.07, 6.45) is -2.63. The minimum Gasteiger partial charge on any atom is -0.333 e. The van der Waals surface area contributed by atoms with Gasteiger partial charge in [-0.05, 0) is 25.5 Å². The molecule has 0 aliphatic heterocycles. The van der Waals surface area contributed by atoms with E-state index in [9.17, 15) is 31.2 Å². The topological polar surface area (TPSA) is 83.6 Å². The molecule has 0 fully saturated rings. The van der Waals surface area contributed by atoms with Crippen molar-refractivity contribution in [3.8, 4) is 0 Å². The fourth-order valence-corrected chi connectivity index (χ4v) is 3.85. The second-order valence-electron chi connectivity index (χ2n) is 6.30. The number of rotatable bonds is 10. The summed E-state index contributed by atoms with van der Waals surface area (Å²) in [5, 5.41) is 2.14. The summed E-state index contributed by atoms with van der Waals surface area (Å²) in [4.78, 5) is 25.3. The van der Waals surface area contributed by atoms with Crippen LogP contribution < -0.4 is 5.32 Å². The van der Waals surface area contributed by atoms with Gasteiger partial charge >= 0.3 is 6.18 Å². The molecule has 1 aromatic carbocycles. The summed E-state index contributed by atoms with van der Waals surface area (Å²) >= 11 is 0. The number of halogens is 3. The molecule has 2 amide bonds. The fraction of sp³-hybridized carbons (Fsp3) is 0.556. The highest BCUT2D eigenvalue weighted by atomic mass is 32.2. The lowest BCUT2D eigenvalue weighted by Gasteiger charge is -2.21. The highest BCUT2D eigenvalue weighted by molar-refractivity contribution is 7.92. The number of amides is 2. The number of anilines is 1. The first-order valence-electron chi connectivity index (χ1n) is 8.94. The van der Waals surface area contributed by atoms with Crippen molar-refractivity contribution in [1.29, 1.82) is 0 Å². The molecule has 1 aromatic rings. The van der Waals surface area contributed by atoms with E-state index in [1.165, 1.54) is 12.1 Å². The van der Waals surface area contributed by atoms with Crippen LogP contribution in [0.4, 0.5) is 18.9 Å². The number of hydrogen-bond acceptors (Lipinski definition) is 4. The number of carbonyl (C=O) groups excluding carboxylic acids is 2. The monoisotopic (exact) mass is 422 g/mol. The number of hydrogen-bond donors (Lipinski definition) is 1. The van der Waals surface area contributed by atoms with Gasteiger partial charge in [0.15, 0.2) is 9.84 Å². The molecule has 0 aliphatic carbocycles. The zero-order valence-corrected chi connectivity index (χ0v) is 16.7. The van der Waals surface area contributed by atoms with Crippen LogP contribution in [0.1, 0.15) is 38.7 Å². The van der Waals surface area contributed by atoms with Crippen molar-refractivity contribution in [2.24, 2.45) is 0 Å². The summed E-state index contributed by atoms with van der Waals surface area (Å²) in [6, 6.07) is 4.48. The zero-order valence-electron chi connectivity index (χ0n) is 15.9. The summed E-state index contributed by atoms with van der Waals surface area (Å²) in [7, 11) is -3.60. The van der Waals surface area contributed by atoms with Crippen LogP contribution in [-0.4, -0.2) is 49.7 Å². The van der Waals surface area contributed by atoms with Crippen LogP contribution in [0, 0.1) is 0 Å². The van der Waals surface area contributed by atoms with Gasteiger partial charge in [-0.15, -0.1) is 0 Å². The van der Waals surface area contributed by atoms with Crippen LogP contribution in [0.5, 0.6) is 0 Å². The molecule has 0 spiro atoms. The number of nitrogens with one attached hydrogen (secondary N) is 1. The number of alkyl halides is 3. The Balaban J connectivity index is 2.75. The highest BCUT2D eigenvalue weighted by Gasteiger charge is 2.33. The van der Waals surface area contributed by atoms with Crippen molar-refractivity contribution in [2.75, 3.05) is 29.9 Å². The van der Waals surface area contributed by atoms with Crippen molar-refractivity contribution in [2.45, 2.75) is 39.3 Å². The average Bonchev–Trinajstić information content (AvgIpc) is 2.58. The molecule has 0 heterocycles. The molecule has 0 unspecified atom stereocenters. The Hall–Kier alpha value is -2.10. The van der Waals surface area contributed by atoms with Gasteiger partial charge in [-0.3, -0.25) is 9.59 Å². The molecule has 1 N–H and O–H groups in total. The quantitative estimate of drug-likeness (QED) is 0.588. The van der Waals surface area contributed by atoms with E-state index < -0.39 is 51.4 Å². The van der Waals surface area contributed by atoms with Crippen molar-refractivity contribution in [3.05, 3.63) is 29.8 Å². The highest BCUT2D eigenvalue weighted by Crippen LogP contribution is 2.34. The van der Waals surface area contributed by atoms with Crippen molar-refractivity contribution >= 4 is 27.3 Å². The van der Waals surface area contributed by atoms with Crippen molar-refractivity contribution < 1.29 is 31.2 Å². The number of benzene rings is 1. The molecule has 0 saturated heterocycles. The summed E-state index contributed by atoms with van der Waals surface area (Å²) in [6.45, 7) is 2.99. The van der Waals surface area contributed by atoms with Gasteiger partial charge in [0.05, 0.1) is 23.5 Å². The van der Waals surface area contributed by atoms with Crippen molar-refractivity contribution in [1.82, 2.24) is 4.90 Å². The molecule has 0 aromatic heterocycles. The molecule has 0 radical (unpaired) electrons. The fourth-order valence-electron chi connectivity index (χ4n) is 2.50. The van der Waals surface area contributed by atoms with E-state index in [1.807, 2.05) is 6.92 Å². The third-order valence-electron chi connectivity index (χ3n) is 3.98. The SMILES string of the molecule is CCCCCS(=O)(=O)CC(=O)N(CC)CC(=O)Nc1ccccc1C(F)(F)F. The molecular weight excluding hydrogens is 397 g/mol. The minimum atomic E-state index is -4.64. The molecule has 0 saturated carbocycles. The maximum atomic E-state index is 13.0. The molecule has 10 heteroatoms. The molecule has 0 bridgehead atoms. The average molecular weight is 422 g/mol. The van der Waals surface area contributed by atoms with Gasteiger partial charge in [0.25, 0.3) is 0 Å². The van der Waals surface area contributed by atoms with Gasteiger partial charge in [-0.1, -0.05) is 31.9 Å². The maximum absolute atomic E-state index is 13.0. The number of likely N-dealkylation sites (N-methyl/N-ethyl adjacent to an activating group) is 1. The van der Waals surface area contributed by atoms with E-state index >= 15 is 0 Å². The minimum absolute atomic E-state index is 0.0532. The number of nitrogens with zero attached hydrogens (tertiary/aromatic N) is 1. The predicted octanol–water partition coefficient (Wildman–Crippen LogP) is 3.10. The third-order valence-corrected chi connectivity index (χ3v) is 5.58. The summed E-state index contributed by atoms with van der Waals surface area (Å²) < 4.78 is 62.9. The summed E-state index contributed by atoms with van der Waals surface area (Å²) in [5.74, 6) is -2.43. The number of sulfone groups is 1. The number of carbonyl (C=O) groups is 2. The molecule has 158 valence electrons. The lowest BCUT2D eigenvalue weighted by atomic mass is 10.1. The van der Waals surface area contributed by atoms with E-state index in [2.05, 4.69) is 5.32 Å². The van der Waals surface area contributed by atoms with Crippen LogP contribution in [-0.2, 0) is 25.6 Å². The third kappa shape index (κ3) is 7.87. The van der Waals surface area contributed by atoms with Crippen LogP contribution in [0.15, 0.2) is 24.3 Å². The molecule has 0 atom stereocenters. The van der Waals surface area contributed by atoms with E-state index in [1.54, 1.807) is 6.92 Å². The lowest BCUT2D eigenvalue weighted by molar-refractivity contribution is -0.137. The Kier molecular flexibility index (Phi) is 8.93. The van der Waals surface area contributed by atoms with E-state index in [0.29, 0.717) is 6.42 Å². The first-order chi connectivity index (χ1) is 13.0. The normalized spacial score (nSPS) is 11.9. The molecule has 6 nitrogen and oxygen atoms in total. The Morgan fingerprint density at radius 2 is 1.75 bits per heavy atom. The van der Waals surface area contributed by atoms with Crippen LogP contribution >= 0.6 is 0 Å². The standard InChI is InChI=1S/C18H25F3N2O4S/c1-3-5-8-11-28(26,27)13-17(25)23(4-2)12-16(24)22-15-10-7-6-9-14(15)18(19,20)21/h6-7,9-10H,3-5,8,11-13H2,1-2H3,(H,22,24). The Morgan fingerprint density at radius 3 is 2.32 bits per heavy atom. The Bertz CT molecular complexity index is 779. The second-order valence-corrected chi connectivity index (χ2v) is 8.48. The molecular formula is C18H25F3N2O4S. The van der Waals surface area contributed by atoms with Gasteiger partial charge in [-0.25, -0.2) is 8.42 Å². The smallest absolute Gasteiger partial charge is 0.333 e. The van der Waals surface area contributed by atoms with Gasteiger partial charge in [0.2, 0.25) is 11.8 Å². The van der Waals surface area contributed by atoms with Gasteiger partial charge in [-0.2, -0.15) is 13.2 Å². The van der Waals surface area contributed by atoms with Crippen LogP contribution in [0.25, 0.3) is 0 Å². The molecule has 28 heavy (non-hydrogen) atoms. The van der Waals surface area contributed by atoms with Crippen LogP contribution in [0.3, 0.4) is 0 Å². The van der Waals surface area contributed by atoms with Crippen LogP contribution in [0.2, 0.25) is 0 Å². The van der Waals surface area contributed by atoms with Gasteiger partial charge < -0.3 is 10.2 Å². The van der Waals surface area contributed by atoms with E-state index in [-0.39, 0.29) is 12.3 Å². The first-order valence-corrected chi connectivity index (χ1v) is 10.8.